The van der Waals surface area contributed by atoms with Crippen LogP contribution in [-0.4, -0.2) is 47.9 Å². The first-order valence-electron chi connectivity index (χ1n) is 8.96. The smallest absolute Gasteiger partial charge is 0.312 e. The fourth-order valence-corrected chi connectivity index (χ4v) is 3.80. The Morgan fingerprint density at radius 3 is 2.56 bits per heavy atom. The molecule has 0 saturated carbocycles. The SMILES string of the molecule is CC(C)c1csc(CNC(=O)C(=O)N2CCN(c3ccccc3F)CC2)n1. The van der Waals surface area contributed by atoms with E-state index in [4.69, 9.17) is 0 Å². The molecule has 1 aliphatic heterocycles. The van der Waals surface area contributed by atoms with Crippen molar-refractivity contribution in [2.75, 3.05) is 31.1 Å². The summed E-state index contributed by atoms with van der Waals surface area (Å²) in [4.78, 5) is 32.3. The lowest BCUT2D eigenvalue weighted by Crippen LogP contribution is -2.52. The number of hydrogen-bond donors (Lipinski definition) is 1. The minimum absolute atomic E-state index is 0.247. The fourth-order valence-electron chi connectivity index (χ4n) is 2.91. The van der Waals surface area contributed by atoms with E-state index in [1.165, 1.54) is 22.3 Å². The molecule has 6 nitrogen and oxygen atoms in total. The number of nitrogens with one attached hydrogen (secondary N) is 1. The topological polar surface area (TPSA) is 65.5 Å². The third kappa shape index (κ3) is 4.63. The molecule has 1 saturated heterocycles. The highest BCUT2D eigenvalue weighted by atomic mass is 32.1. The van der Waals surface area contributed by atoms with Gasteiger partial charge in [0.2, 0.25) is 0 Å². The summed E-state index contributed by atoms with van der Waals surface area (Å²) in [6, 6.07) is 6.57. The number of halogens is 1. The van der Waals surface area contributed by atoms with Crippen LogP contribution < -0.4 is 10.2 Å². The molecular weight excluding hydrogens is 367 g/mol. The van der Waals surface area contributed by atoms with Crippen molar-refractivity contribution in [1.82, 2.24) is 15.2 Å². The Morgan fingerprint density at radius 1 is 1.22 bits per heavy atom. The average Bonchev–Trinajstić information content (AvgIpc) is 3.15. The number of para-hydroxylation sites is 1. The van der Waals surface area contributed by atoms with E-state index in [9.17, 15) is 14.0 Å². The summed E-state index contributed by atoms with van der Waals surface area (Å²) in [6.45, 7) is 6.11. The van der Waals surface area contributed by atoms with Gasteiger partial charge in [-0.1, -0.05) is 26.0 Å². The summed E-state index contributed by atoms with van der Waals surface area (Å²) < 4.78 is 13.9. The fraction of sp³-hybridized carbons (Fsp3) is 0.421. The van der Waals surface area contributed by atoms with Gasteiger partial charge in [0, 0.05) is 31.6 Å². The Kier molecular flexibility index (Phi) is 6.05. The summed E-state index contributed by atoms with van der Waals surface area (Å²) in [5.74, 6) is -1.13. The Balaban J connectivity index is 1.49. The van der Waals surface area contributed by atoms with Gasteiger partial charge in [-0.25, -0.2) is 9.37 Å². The van der Waals surface area contributed by atoms with Crippen LogP contribution >= 0.6 is 11.3 Å². The van der Waals surface area contributed by atoms with Crippen LogP contribution in [0.15, 0.2) is 29.6 Å². The second kappa shape index (κ2) is 8.47. The number of nitrogens with zero attached hydrogens (tertiary/aromatic N) is 3. The van der Waals surface area contributed by atoms with Gasteiger partial charge in [0.15, 0.2) is 0 Å². The molecule has 27 heavy (non-hydrogen) atoms. The van der Waals surface area contributed by atoms with E-state index in [1.807, 2.05) is 10.3 Å². The summed E-state index contributed by atoms with van der Waals surface area (Å²) in [6.07, 6.45) is 0. The van der Waals surface area contributed by atoms with Crippen molar-refractivity contribution in [2.24, 2.45) is 0 Å². The minimum Gasteiger partial charge on any atom is -0.366 e. The number of rotatable bonds is 4. The lowest BCUT2D eigenvalue weighted by molar-refractivity contribution is -0.146. The van der Waals surface area contributed by atoms with Crippen molar-refractivity contribution in [2.45, 2.75) is 26.3 Å². The Bertz CT molecular complexity index is 816. The van der Waals surface area contributed by atoms with E-state index in [1.54, 1.807) is 18.2 Å². The molecule has 1 aromatic heterocycles. The average molecular weight is 390 g/mol. The maximum absolute atomic E-state index is 13.9. The first-order valence-corrected chi connectivity index (χ1v) is 9.84. The third-order valence-electron chi connectivity index (χ3n) is 4.52. The zero-order chi connectivity index (χ0) is 19.4. The highest BCUT2D eigenvalue weighted by molar-refractivity contribution is 7.09. The number of carbonyl (C=O) groups excluding carboxylic acids is 2. The van der Waals surface area contributed by atoms with E-state index < -0.39 is 11.8 Å². The number of amides is 2. The maximum Gasteiger partial charge on any atom is 0.312 e. The van der Waals surface area contributed by atoms with Crippen LogP contribution in [0.3, 0.4) is 0 Å². The zero-order valence-corrected chi connectivity index (χ0v) is 16.3. The minimum atomic E-state index is -0.629. The molecule has 1 aromatic carbocycles. The molecule has 3 rings (SSSR count). The standard InChI is InChI=1S/C19H23FN4O2S/c1-13(2)15-12-27-17(22-15)11-21-18(25)19(26)24-9-7-23(8-10-24)16-6-4-3-5-14(16)20/h3-6,12-13H,7-11H2,1-2H3,(H,21,25). The number of hydrogen-bond acceptors (Lipinski definition) is 5. The molecule has 1 fully saturated rings. The lowest BCUT2D eigenvalue weighted by atomic mass is 10.2. The van der Waals surface area contributed by atoms with Crippen LogP contribution in [0.1, 0.15) is 30.5 Å². The number of carbonyl (C=O) groups is 2. The highest BCUT2D eigenvalue weighted by Gasteiger charge is 2.26. The Morgan fingerprint density at radius 2 is 1.93 bits per heavy atom. The maximum atomic E-state index is 13.9. The van der Waals surface area contributed by atoms with Gasteiger partial charge in [-0.15, -0.1) is 11.3 Å². The van der Waals surface area contributed by atoms with E-state index >= 15 is 0 Å². The van der Waals surface area contributed by atoms with Gasteiger partial charge >= 0.3 is 11.8 Å². The van der Waals surface area contributed by atoms with Crippen LogP contribution in [-0.2, 0) is 16.1 Å². The number of anilines is 1. The van der Waals surface area contributed by atoms with Crippen LogP contribution in [0.2, 0.25) is 0 Å². The molecule has 144 valence electrons. The molecule has 0 aliphatic carbocycles. The summed E-state index contributed by atoms with van der Waals surface area (Å²) >= 11 is 1.47. The van der Waals surface area contributed by atoms with E-state index in [0.717, 1.165) is 10.7 Å². The molecule has 8 heteroatoms. The molecule has 2 aromatic rings. The lowest BCUT2D eigenvalue weighted by Gasteiger charge is -2.35. The van der Waals surface area contributed by atoms with Crippen molar-refractivity contribution in [3.8, 4) is 0 Å². The Labute approximate surface area is 162 Å². The van der Waals surface area contributed by atoms with Crippen molar-refractivity contribution in [3.63, 3.8) is 0 Å². The van der Waals surface area contributed by atoms with Gasteiger partial charge in [-0.2, -0.15) is 0 Å². The van der Waals surface area contributed by atoms with Gasteiger partial charge < -0.3 is 15.1 Å². The molecular formula is C19H23FN4O2S. The quantitative estimate of drug-likeness (QED) is 0.814. The van der Waals surface area contributed by atoms with Crippen LogP contribution in [0.4, 0.5) is 10.1 Å². The van der Waals surface area contributed by atoms with Gasteiger partial charge in [0.05, 0.1) is 17.9 Å². The van der Waals surface area contributed by atoms with Crippen molar-refractivity contribution >= 4 is 28.8 Å². The predicted molar refractivity (Wildman–Crippen MR) is 103 cm³/mol. The van der Waals surface area contributed by atoms with Crippen molar-refractivity contribution in [3.05, 3.63) is 46.2 Å². The Hall–Kier alpha value is -2.48. The van der Waals surface area contributed by atoms with Crippen LogP contribution in [0.25, 0.3) is 0 Å². The molecule has 0 atom stereocenters. The molecule has 1 aliphatic rings. The first-order chi connectivity index (χ1) is 13.0. The monoisotopic (exact) mass is 390 g/mol. The summed E-state index contributed by atoms with van der Waals surface area (Å²) in [7, 11) is 0. The molecule has 0 unspecified atom stereocenters. The number of benzene rings is 1. The van der Waals surface area contributed by atoms with E-state index in [2.05, 4.69) is 24.1 Å². The molecule has 2 amide bonds. The predicted octanol–water partition coefficient (Wildman–Crippen LogP) is 2.37. The van der Waals surface area contributed by atoms with Gasteiger partial charge in [0.25, 0.3) is 0 Å². The second-order valence-electron chi connectivity index (χ2n) is 6.73. The molecule has 0 radical (unpaired) electrons. The highest BCUT2D eigenvalue weighted by Crippen LogP contribution is 2.20. The van der Waals surface area contributed by atoms with Crippen molar-refractivity contribution < 1.29 is 14.0 Å². The molecule has 1 N–H and O–H groups in total. The van der Waals surface area contributed by atoms with Gasteiger partial charge in [-0.05, 0) is 18.1 Å². The van der Waals surface area contributed by atoms with Crippen LogP contribution in [0, 0.1) is 5.82 Å². The second-order valence-corrected chi connectivity index (χ2v) is 7.68. The molecule has 2 heterocycles. The summed E-state index contributed by atoms with van der Waals surface area (Å²) in [5, 5.41) is 5.39. The normalized spacial score (nSPS) is 14.5. The van der Waals surface area contributed by atoms with Gasteiger partial charge in [0.1, 0.15) is 10.8 Å². The number of aromatic nitrogens is 1. The zero-order valence-electron chi connectivity index (χ0n) is 15.4. The molecule has 0 bridgehead atoms. The largest absolute Gasteiger partial charge is 0.366 e. The van der Waals surface area contributed by atoms with E-state index in [0.29, 0.717) is 37.8 Å². The first kappa shape index (κ1) is 19.3. The van der Waals surface area contributed by atoms with Crippen LogP contribution in [0.5, 0.6) is 0 Å². The number of piperazine rings is 1. The van der Waals surface area contributed by atoms with Gasteiger partial charge in [-0.3, -0.25) is 9.59 Å². The van der Waals surface area contributed by atoms with E-state index in [-0.39, 0.29) is 12.4 Å². The molecule has 0 spiro atoms. The number of thiazole rings is 1. The summed E-state index contributed by atoms with van der Waals surface area (Å²) in [5.41, 5.74) is 1.51. The van der Waals surface area contributed by atoms with Crippen molar-refractivity contribution in [1.29, 1.82) is 0 Å². The third-order valence-corrected chi connectivity index (χ3v) is 5.38.